The van der Waals surface area contributed by atoms with Gasteiger partial charge in [0, 0.05) is 18.8 Å². The molecule has 0 saturated carbocycles. The van der Waals surface area contributed by atoms with Crippen LogP contribution >= 0.6 is 11.6 Å². The number of rotatable bonds is 2. The first kappa shape index (κ1) is 11.8. The lowest BCUT2D eigenvalue weighted by molar-refractivity contribution is 0.0780. The third kappa shape index (κ3) is 3.14. The van der Waals surface area contributed by atoms with Crippen LogP contribution in [0.4, 0.5) is 0 Å². The lowest BCUT2D eigenvalue weighted by Crippen LogP contribution is -2.35. The first-order chi connectivity index (χ1) is 7.63. The van der Waals surface area contributed by atoms with Crippen LogP contribution in [0.3, 0.4) is 0 Å². The maximum absolute atomic E-state index is 9.40. The highest BCUT2D eigenvalue weighted by molar-refractivity contribution is 6.29. The van der Waals surface area contributed by atoms with E-state index in [4.69, 9.17) is 11.6 Å². The topological polar surface area (TPSA) is 49.2 Å². The number of piperidine rings is 1. The zero-order valence-corrected chi connectivity index (χ0v) is 10.1. The predicted octanol–water partition coefficient (Wildman–Crippen LogP) is 1.40. The van der Waals surface area contributed by atoms with Crippen LogP contribution in [0.1, 0.15) is 24.4 Å². The Morgan fingerprint density at radius 3 is 2.75 bits per heavy atom. The van der Waals surface area contributed by atoms with Crippen molar-refractivity contribution in [3.8, 4) is 0 Å². The average molecular weight is 242 g/mol. The van der Waals surface area contributed by atoms with E-state index in [0.29, 0.717) is 11.7 Å². The molecule has 1 aliphatic rings. The minimum Gasteiger partial charge on any atom is -0.393 e. The summed E-state index contributed by atoms with van der Waals surface area (Å²) in [6.45, 7) is 4.43. The van der Waals surface area contributed by atoms with E-state index in [1.165, 1.54) is 0 Å². The largest absolute Gasteiger partial charge is 0.393 e. The minimum absolute atomic E-state index is 0.140. The monoisotopic (exact) mass is 241 g/mol. The molecule has 0 bridgehead atoms. The van der Waals surface area contributed by atoms with E-state index in [-0.39, 0.29) is 6.10 Å². The summed E-state index contributed by atoms with van der Waals surface area (Å²) in [7, 11) is 0. The van der Waals surface area contributed by atoms with Gasteiger partial charge in [0.1, 0.15) is 11.0 Å². The predicted molar refractivity (Wildman–Crippen MR) is 62.3 cm³/mol. The second-order valence-electron chi connectivity index (χ2n) is 4.26. The Morgan fingerprint density at radius 2 is 2.12 bits per heavy atom. The second kappa shape index (κ2) is 5.08. The summed E-state index contributed by atoms with van der Waals surface area (Å²) in [6.07, 6.45) is 1.53. The Kier molecular flexibility index (Phi) is 3.74. The summed E-state index contributed by atoms with van der Waals surface area (Å²) >= 11 is 5.88. The highest BCUT2D eigenvalue weighted by Crippen LogP contribution is 2.13. The average Bonchev–Trinajstić information content (AvgIpc) is 2.20. The number of hydrogen-bond acceptors (Lipinski definition) is 4. The van der Waals surface area contributed by atoms with E-state index in [0.717, 1.165) is 37.4 Å². The molecule has 16 heavy (non-hydrogen) atoms. The first-order valence-corrected chi connectivity index (χ1v) is 5.92. The number of aliphatic hydroxyl groups excluding tert-OH is 1. The molecule has 0 spiro atoms. The molecule has 1 fully saturated rings. The van der Waals surface area contributed by atoms with E-state index < -0.39 is 0 Å². The first-order valence-electron chi connectivity index (χ1n) is 5.54. The molecule has 5 heteroatoms. The fourth-order valence-corrected chi connectivity index (χ4v) is 2.19. The molecule has 0 aliphatic carbocycles. The SMILES string of the molecule is Cc1cc(Cl)nc(CN2CCC(O)CC2)n1. The standard InChI is InChI=1S/C11H16ClN3O/c1-8-6-10(12)14-11(13-8)7-15-4-2-9(16)3-5-15/h6,9,16H,2-5,7H2,1H3. The Labute approximate surface area is 100 Å². The summed E-state index contributed by atoms with van der Waals surface area (Å²) in [5, 5.41) is 9.90. The summed E-state index contributed by atoms with van der Waals surface area (Å²) in [4.78, 5) is 10.8. The van der Waals surface area contributed by atoms with Crippen molar-refractivity contribution in [2.24, 2.45) is 0 Å². The number of halogens is 1. The van der Waals surface area contributed by atoms with Gasteiger partial charge in [0.15, 0.2) is 0 Å². The van der Waals surface area contributed by atoms with Gasteiger partial charge in [-0.05, 0) is 25.8 Å². The number of hydrogen-bond donors (Lipinski definition) is 1. The van der Waals surface area contributed by atoms with Crippen LogP contribution in [0.25, 0.3) is 0 Å². The number of aryl methyl sites for hydroxylation is 1. The van der Waals surface area contributed by atoms with Gasteiger partial charge in [-0.25, -0.2) is 9.97 Å². The van der Waals surface area contributed by atoms with E-state index in [1.807, 2.05) is 6.92 Å². The molecule has 2 rings (SSSR count). The molecule has 0 atom stereocenters. The van der Waals surface area contributed by atoms with Crippen LogP contribution in [0.15, 0.2) is 6.07 Å². The maximum Gasteiger partial charge on any atom is 0.144 e. The van der Waals surface area contributed by atoms with E-state index in [2.05, 4.69) is 14.9 Å². The maximum atomic E-state index is 9.40. The van der Waals surface area contributed by atoms with Gasteiger partial charge < -0.3 is 5.11 Å². The van der Waals surface area contributed by atoms with Crippen molar-refractivity contribution in [1.82, 2.24) is 14.9 Å². The molecule has 1 aromatic heterocycles. The molecule has 0 radical (unpaired) electrons. The van der Waals surface area contributed by atoms with Crippen LogP contribution in [0, 0.1) is 6.92 Å². The molecular weight excluding hydrogens is 226 g/mol. The van der Waals surface area contributed by atoms with Crippen LogP contribution in [-0.4, -0.2) is 39.2 Å². The van der Waals surface area contributed by atoms with E-state index in [1.54, 1.807) is 6.07 Å². The van der Waals surface area contributed by atoms with Crippen LogP contribution < -0.4 is 0 Å². The van der Waals surface area contributed by atoms with Gasteiger partial charge in [0.2, 0.25) is 0 Å². The van der Waals surface area contributed by atoms with Crippen molar-refractivity contribution in [3.05, 3.63) is 22.7 Å². The highest BCUT2D eigenvalue weighted by Gasteiger charge is 2.17. The minimum atomic E-state index is -0.140. The summed E-state index contributed by atoms with van der Waals surface area (Å²) in [5.74, 6) is 0.765. The lowest BCUT2D eigenvalue weighted by Gasteiger charge is -2.28. The number of aliphatic hydroxyl groups is 1. The van der Waals surface area contributed by atoms with Crippen molar-refractivity contribution in [1.29, 1.82) is 0 Å². The molecule has 1 N–H and O–H groups in total. The van der Waals surface area contributed by atoms with Crippen LogP contribution in [0.5, 0.6) is 0 Å². The van der Waals surface area contributed by atoms with Crippen LogP contribution in [0.2, 0.25) is 5.15 Å². The molecule has 4 nitrogen and oxygen atoms in total. The van der Waals surface area contributed by atoms with Crippen molar-refractivity contribution in [2.45, 2.75) is 32.4 Å². The lowest BCUT2D eigenvalue weighted by atomic mass is 10.1. The second-order valence-corrected chi connectivity index (χ2v) is 4.64. The Morgan fingerprint density at radius 1 is 1.44 bits per heavy atom. The Bertz CT molecular complexity index is 344. The third-order valence-electron chi connectivity index (χ3n) is 2.79. The van der Waals surface area contributed by atoms with Crippen molar-refractivity contribution in [2.75, 3.05) is 13.1 Å². The number of aromatic nitrogens is 2. The smallest absolute Gasteiger partial charge is 0.144 e. The molecule has 0 unspecified atom stereocenters. The van der Waals surface area contributed by atoms with Gasteiger partial charge in [0.25, 0.3) is 0 Å². The zero-order chi connectivity index (χ0) is 11.5. The molecule has 0 amide bonds. The highest BCUT2D eigenvalue weighted by atomic mass is 35.5. The fraction of sp³-hybridized carbons (Fsp3) is 0.636. The van der Waals surface area contributed by atoms with Crippen molar-refractivity contribution < 1.29 is 5.11 Å². The van der Waals surface area contributed by atoms with Gasteiger partial charge in [-0.2, -0.15) is 0 Å². The van der Waals surface area contributed by atoms with Crippen molar-refractivity contribution in [3.63, 3.8) is 0 Å². The molecule has 1 aliphatic heterocycles. The molecule has 1 aromatic rings. The number of likely N-dealkylation sites (tertiary alicyclic amines) is 1. The van der Waals surface area contributed by atoms with E-state index in [9.17, 15) is 5.11 Å². The van der Waals surface area contributed by atoms with Crippen LogP contribution in [-0.2, 0) is 6.54 Å². The summed E-state index contributed by atoms with van der Waals surface area (Å²) in [5.41, 5.74) is 0.895. The fourth-order valence-electron chi connectivity index (χ4n) is 1.94. The summed E-state index contributed by atoms with van der Waals surface area (Å²) in [6, 6.07) is 1.75. The molecule has 88 valence electrons. The van der Waals surface area contributed by atoms with Gasteiger partial charge in [-0.3, -0.25) is 4.90 Å². The molecular formula is C11H16ClN3O. The summed E-state index contributed by atoms with van der Waals surface area (Å²) < 4.78 is 0. The molecule has 2 heterocycles. The Hall–Kier alpha value is -0.710. The normalized spacial score (nSPS) is 18.9. The Balaban J connectivity index is 1.98. The molecule has 0 aromatic carbocycles. The zero-order valence-electron chi connectivity index (χ0n) is 9.36. The van der Waals surface area contributed by atoms with E-state index >= 15 is 0 Å². The number of nitrogens with zero attached hydrogens (tertiary/aromatic N) is 3. The quantitative estimate of drug-likeness (QED) is 0.796. The van der Waals surface area contributed by atoms with Crippen molar-refractivity contribution >= 4 is 11.6 Å². The van der Waals surface area contributed by atoms with Gasteiger partial charge >= 0.3 is 0 Å². The van der Waals surface area contributed by atoms with Gasteiger partial charge in [-0.1, -0.05) is 11.6 Å². The molecule has 1 saturated heterocycles. The van der Waals surface area contributed by atoms with Gasteiger partial charge in [0.05, 0.1) is 12.6 Å². The third-order valence-corrected chi connectivity index (χ3v) is 2.99. The van der Waals surface area contributed by atoms with Gasteiger partial charge in [-0.15, -0.1) is 0 Å².